The molecule has 0 amide bonds. The van der Waals surface area contributed by atoms with Gasteiger partial charge in [0.15, 0.2) is 0 Å². The number of nitrogens with two attached hydrogens (primary N) is 1. The summed E-state index contributed by atoms with van der Waals surface area (Å²) in [5.74, 6) is 0. The van der Waals surface area contributed by atoms with Crippen molar-refractivity contribution >= 4 is 15.7 Å². The molecule has 0 atom stereocenters. The fourth-order valence-electron chi connectivity index (χ4n) is 1.57. The first kappa shape index (κ1) is 13.4. The molecule has 0 unspecified atom stereocenters. The molecule has 0 bridgehead atoms. The third-order valence-electron chi connectivity index (χ3n) is 2.48. The third kappa shape index (κ3) is 3.49. The Hall–Kier alpha value is -1.99. The van der Waals surface area contributed by atoms with Crippen LogP contribution in [0.1, 0.15) is 5.56 Å². The Morgan fingerprint density at radius 3 is 2.32 bits per heavy atom. The lowest BCUT2D eigenvalue weighted by Crippen LogP contribution is -2.13. The quantitative estimate of drug-likeness (QED) is 0.842. The summed E-state index contributed by atoms with van der Waals surface area (Å²) in [5.41, 5.74) is 6.77. The van der Waals surface area contributed by atoms with Crippen LogP contribution in [-0.4, -0.2) is 24.9 Å². The zero-order chi connectivity index (χ0) is 13.7. The molecule has 100 valence electrons. The van der Waals surface area contributed by atoms with Gasteiger partial charge in [0.2, 0.25) is 0 Å². The second-order valence-electron chi connectivity index (χ2n) is 3.92. The van der Waals surface area contributed by atoms with Gasteiger partial charge in [0.1, 0.15) is 6.33 Å². The molecule has 0 fully saturated rings. The van der Waals surface area contributed by atoms with Crippen molar-refractivity contribution in [3.8, 4) is 0 Å². The smallest absolute Gasteiger partial charge is 0.261 e. The Kier molecular flexibility index (Phi) is 4.08. The van der Waals surface area contributed by atoms with Crippen molar-refractivity contribution in [2.24, 2.45) is 5.73 Å². The van der Waals surface area contributed by atoms with Gasteiger partial charge >= 0.3 is 0 Å². The van der Waals surface area contributed by atoms with Gasteiger partial charge in [-0.05, 0) is 30.7 Å². The summed E-state index contributed by atoms with van der Waals surface area (Å²) in [5, 5.41) is 0. The number of aromatic nitrogens is 2. The maximum Gasteiger partial charge on any atom is 0.261 e. The lowest BCUT2D eigenvalue weighted by molar-refractivity contribution is 0.601. The summed E-state index contributed by atoms with van der Waals surface area (Å²) in [6.07, 6.45) is 4.85. The number of nitrogens with zero attached hydrogens (tertiary/aromatic N) is 2. The predicted octanol–water partition coefficient (Wildman–Crippen LogP) is 0.779. The van der Waals surface area contributed by atoms with E-state index in [1.165, 1.54) is 18.7 Å². The molecule has 0 radical (unpaired) electrons. The highest BCUT2D eigenvalue weighted by atomic mass is 32.2. The number of sulfonamides is 1. The minimum Gasteiger partial charge on any atom is -0.330 e. The molecule has 1 aromatic carbocycles. The first-order valence-corrected chi connectivity index (χ1v) is 7.17. The zero-order valence-electron chi connectivity index (χ0n) is 10.2. The summed E-state index contributed by atoms with van der Waals surface area (Å²) in [6, 6.07) is 6.61. The monoisotopic (exact) mass is 278 g/mol. The van der Waals surface area contributed by atoms with Crippen LogP contribution in [0, 0.1) is 0 Å². The van der Waals surface area contributed by atoms with Gasteiger partial charge in [0.05, 0.1) is 23.0 Å². The first-order chi connectivity index (χ1) is 9.12. The van der Waals surface area contributed by atoms with Crippen LogP contribution in [-0.2, 0) is 16.4 Å². The van der Waals surface area contributed by atoms with Gasteiger partial charge < -0.3 is 5.73 Å². The van der Waals surface area contributed by atoms with Crippen LogP contribution in [0.3, 0.4) is 0 Å². The molecule has 0 spiro atoms. The molecule has 7 heteroatoms. The maximum atomic E-state index is 12.1. The normalized spacial score (nSPS) is 11.2. The largest absolute Gasteiger partial charge is 0.330 e. The molecular formula is C12H14N4O2S. The molecule has 6 nitrogen and oxygen atoms in total. The average molecular weight is 278 g/mol. The van der Waals surface area contributed by atoms with Crippen molar-refractivity contribution in [3.05, 3.63) is 48.5 Å². The Bertz CT molecular complexity index is 627. The van der Waals surface area contributed by atoms with Crippen molar-refractivity contribution in [2.75, 3.05) is 11.3 Å². The molecule has 0 aliphatic carbocycles. The van der Waals surface area contributed by atoms with Crippen molar-refractivity contribution in [3.63, 3.8) is 0 Å². The number of rotatable bonds is 5. The van der Waals surface area contributed by atoms with Gasteiger partial charge in [-0.25, -0.2) is 18.4 Å². The molecule has 0 aliphatic heterocycles. The molecule has 3 N–H and O–H groups in total. The molecule has 19 heavy (non-hydrogen) atoms. The van der Waals surface area contributed by atoms with Gasteiger partial charge in [-0.3, -0.25) is 4.72 Å². The van der Waals surface area contributed by atoms with E-state index >= 15 is 0 Å². The zero-order valence-corrected chi connectivity index (χ0v) is 11.0. The first-order valence-electron chi connectivity index (χ1n) is 5.68. The Labute approximate surface area is 111 Å². The van der Waals surface area contributed by atoms with Crippen LogP contribution >= 0.6 is 0 Å². The van der Waals surface area contributed by atoms with Gasteiger partial charge in [-0.2, -0.15) is 0 Å². The van der Waals surface area contributed by atoms with Crippen molar-refractivity contribution in [2.45, 2.75) is 11.3 Å². The molecular weight excluding hydrogens is 264 g/mol. The topological polar surface area (TPSA) is 98.0 Å². The Balaban J connectivity index is 2.20. The number of hydrogen-bond donors (Lipinski definition) is 2. The lowest BCUT2D eigenvalue weighted by Gasteiger charge is -2.07. The van der Waals surface area contributed by atoms with E-state index in [1.54, 1.807) is 24.3 Å². The van der Waals surface area contributed by atoms with Gasteiger partial charge in [-0.1, -0.05) is 12.1 Å². The lowest BCUT2D eigenvalue weighted by atomic mass is 10.2. The predicted molar refractivity (Wildman–Crippen MR) is 72.0 cm³/mol. The van der Waals surface area contributed by atoms with Crippen LogP contribution in [0.25, 0.3) is 0 Å². The van der Waals surface area contributed by atoms with Crippen LogP contribution < -0.4 is 10.5 Å². The van der Waals surface area contributed by atoms with Gasteiger partial charge in [0, 0.05) is 0 Å². The van der Waals surface area contributed by atoms with Crippen LogP contribution in [0.2, 0.25) is 0 Å². The van der Waals surface area contributed by atoms with Crippen molar-refractivity contribution in [1.29, 1.82) is 0 Å². The van der Waals surface area contributed by atoms with Crippen molar-refractivity contribution < 1.29 is 8.42 Å². The highest BCUT2D eigenvalue weighted by Crippen LogP contribution is 2.15. The minimum absolute atomic E-state index is 0.192. The van der Waals surface area contributed by atoms with Crippen LogP contribution in [0.15, 0.2) is 47.9 Å². The fourth-order valence-corrected chi connectivity index (χ4v) is 2.60. The minimum atomic E-state index is -3.61. The van der Waals surface area contributed by atoms with E-state index in [2.05, 4.69) is 14.7 Å². The number of hydrogen-bond acceptors (Lipinski definition) is 5. The Morgan fingerprint density at radius 1 is 1.11 bits per heavy atom. The standard InChI is InChI=1S/C12H14N4O2S/c13-6-5-10-1-3-12(4-2-10)19(17,18)16-11-7-14-9-15-8-11/h1-4,7-9,16H,5-6,13H2. The van der Waals surface area contributed by atoms with E-state index in [-0.39, 0.29) is 4.90 Å². The van der Waals surface area contributed by atoms with Gasteiger partial charge in [-0.15, -0.1) is 0 Å². The number of nitrogens with one attached hydrogen (secondary N) is 1. The Morgan fingerprint density at radius 2 is 1.74 bits per heavy atom. The van der Waals surface area contributed by atoms with E-state index in [9.17, 15) is 8.42 Å². The van der Waals surface area contributed by atoms with Crippen LogP contribution in [0.5, 0.6) is 0 Å². The second-order valence-corrected chi connectivity index (χ2v) is 5.60. The average Bonchev–Trinajstić information content (AvgIpc) is 2.40. The van der Waals surface area contributed by atoms with E-state index < -0.39 is 10.0 Å². The summed E-state index contributed by atoms with van der Waals surface area (Å²) >= 11 is 0. The molecule has 1 heterocycles. The summed E-state index contributed by atoms with van der Waals surface area (Å²) in [4.78, 5) is 7.69. The van der Waals surface area contributed by atoms with E-state index in [4.69, 9.17) is 5.73 Å². The highest BCUT2D eigenvalue weighted by molar-refractivity contribution is 7.92. The third-order valence-corrected chi connectivity index (χ3v) is 3.88. The maximum absolute atomic E-state index is 12.1. The van der Waals surface area contributed by atoms with Crippen molar-refractivity contribution in [1.82, 2.24) is 9.97 Å². The highest BCUT2D eigenvalue weighted by Gasteiger charge is 2.13. The molecule has 1 aromatic heterocycles. The molecule has 0 saturated carbocycles. The summed E-state index contributed by atoms with van der Waals surface area (Å²) < 4.78 is 26.6. The number of anilines is 1. The van der Waals surface area contributed by atoms with Crippen LogP contribution in [0.4, 0.5) is 5.69 Å². The summed E-state index contributed by atoms with van der Waals surface area (Å²) in [7, 11) is -3.61. The van der Waals surface area contributed by atoms with E-state index in [1.807, 2.05) is 0 Å². The molecule has 0 aliphatic rings. The summed E-state index contributed by atoms with van der Waals surface area (Å²) in [6.45, 7) is 0.533. The molecule has 0 saturated heterocycles. The number of benzene rings is 1. The van der Waals surface area contributed by atoms with E-state index in [0.29, 0.717) is 12.2 Å². The molecule has 2 rings (SSSR count). The fraction of sp³-hybridized carbons (Fsp3) is 0.167. The molecule has 2 aromatic rings. The second kappa shape index (κ2) is 5.77. The van der Waals surface area contributed by atoms with E-state index in [0.717, 1.165) is 12.0 Å². The SMILES string of the molecule is NCCc1ccc(S(=O)(=O)Nc2cncnc2)cc1. The van der Waals surface area contributed by atoms with Gasteiger partial charge in [0.25, 0.3) is 10.0 Å².